The summed E-state index contributed by atoms with van der Waals surface area (Å²) < 4.78 is 4.54. The van der Waals surface area contributed by atoms with Crippen molar-refractivity contribution in [2.45, 2.75) is 13.0 Å². The van der Waals surface area contributed by atoms with Gasteiger partial charge in [-0.05, 0) is 12.5 Å². The first-order valence-corrected chi connectivity index (χ1v) is 5.32. The van der Waals surface area contributed by atoms with Crippen molar-refractivity contribution in [3.8, 4) is 0 Å². The van der Waals surface area contributed by atoms with E-state index in [0.29, 0.717) is 5.56 Å². The lowest BCUT2D eigenvalue weighted by Gasteiger charge is -2.07. The molecule has 6 heteroatoms. The van der Waals surface area contributed by atoms with Crippen LogP contribution in [0.15, 0.2) is 36.0 Å². The van der Waals surface area contributed by atoms with Crippen LogP contribution in [0.25, 0.3) is 6.08 Å². The van der Waals surface area contributed by atoms with Crippen LogP contribution in [0, 0.1) is 10.1 Å². The lowest BCUT2D eigenvalue weighted by Crippen LogP contribution is -2.28. The Morgan fingerprint density at radius 2 is 2.11 bits per heavy atom. The van der Waals surface area contributed by atoms with E-state index >= 15 is 0 Å². The Morgan fingerprint density at radius 1 is 1.50 bits per heavy atom. The first-order valence-electron chi connectivity index (χ1n) is 5.32. The Kier molecular flexibility index (Phi) is 5.01. The van der Waals surface area contributed by atoms with Gasteiger partial charge in [0.15, 0.2) is 0 Å². The van der Waals surface area contributed by atoms with Crippen LogP contribution in [-0.2, 0) is 9.53 Å². The van der Waals surface area contributed by atoms with Crippen LogP contribution < -0.4 is 0 Å². The highest BCUT2D eigenvalue weighted by molar-refractivity contribution is 5.79. The maximum absolute atomic E-state index is 11.3. The van der Waals surface area contributed by atoms with Crippen molar-refractivity contribution in [1.29, 1.82) is 0 Å². The van der Waals surface area contributed by atoms with Gasteiger partial charge in [-0.2, -0.15) is 0 Å². The first-order chi connectivity index (χ1) is 8.56. The molecule has 6 nitrogen and oxygen atoms in total. The zero-order valence-electron chi connectivity index (χ0n) is 9.78. The second kappa shape index (κ2) is 6.51. The van der Waals surface area contributed by atoms with Crippen LogP contribution in [0.4, 0.5) is 0 Å². The van der Waals surface area contributed by atoms with Crippen LogP contribution >= 0.6 is 0 Å². The van der Waals surface area contributed by atoms with Crippen LogP contribution in [0.5, 0.6) is 0 Å². The Hall–Kier alpha value is -2.21. The second-order valence-corrected chi connectivity index (χ2v) is 3.39. The van der Waals surface area contributed by atoms with Crippen molar-refractivity contribution in [3.05, 3.63) is 51.7 Å². The van der Waals surface area contributed by atoms with Crippen molar-refractivity contribution < 1.29 is 19.6 Å². The van der Waals surface area contributed by atoms with Crippen molar-refractivity contribution >= 4 is 12.0 Å². The fourth-order valence-electron chi connectivity index (χ4n) is 1.29. The van der Waals surface area contributed by atoms with E-state index in [-0.39, 0.29) is 6.61 Å². The molecule has 0 bridgehead atoms. The SMILES string of the molecule is CCOC(=O)[C@H](O)/C(=C\c1ccccc1)[N+](=O)[O-]. The smallest absolute Gasteiger partial charge is 0.346 e. The molecule has 0 aromatic heterocycles. The molecule has 1 N–H and O–H groups in total. The second-order valence-electron chi connectivity index (χ2n) is 3.39. The molecule has 18 heavy (non-hydrogen) atoms. The molecule has 0 aliphatic heterocycles. The molecule has 0 aliphatic carbocycles. The number of hydrogen-bond acceptors (Lipinski definition) is 5. The lowest BCUT2D eigenvalue weighted by molar-refractivity contribution is -0.432. The highest BCUT2D eigenvalue weighted by Crippen LogP contribution is 2.12. The molecule has 0 spiro atoms. The molecular weight excluding hydrogens is 238 g/mol. The molecule has 1 atom stereocenters. The van der Waals surface area contributed by atoms with Gasteiger partial charge in [0, 0.05) is 6.08 Å². The maximum atomic E-state index is 11.3. The molecule has 1 rings (SSSR count). The van der Waals surface area contributed by atoms with E-state index in [0.717, 1.165) is 6.08 Å². The third-order valence-electron chi connectivity index (χ3n) is 2.11. The summed E-state index contributed by atoms with van der Waals surface area (Å²) in [4.78, 5) is 21.3. The number of esters is 1. The van der Waals surface area contributed by atoms with Crippen LogP contribution in [0.1, 0.15) is 12.5 Å². The van der Waals surface area contributed by atoms with Gasteiger partial charge in [-0.1, -0.05) is 30.3 Å². The van der Waals surface area contributed by atoms with Gasteiger partial charge in [0.1, 0.15) is 0 Å². The molecule has 0 unspecified atom stereocenters. The molecule has 1 aromatic carbocycles. The van der Waals surface area contributed by atoms with Gasteiger partial charge in [-0.15, -0.1) is 0 Å². The van der Waals surface area contributed by atoms with Crippen LogP contribution in [-0.4, -0.2) is 28.7 Å². The molecule has 96 valence electrons. The van der Waals surface area contributed by atoms with Gasteiger partial charge in [0.25, 0.3) is 5.70 Å². The molecule has 0 saturated heterocycles. The zero-order chi connectivity index (χ0) is 13.5. The van der Waals surface area contributed by atoms with Gasteiger partial charge in [0.2, 0.25) is 6.10 Å². The van der Waals surface area contributed by atoms with E-state index in [2.05, 4.69) is 4.74 Å². The summed E-state index contributed by atoms with van der Waals surface area (Å²) in [5, 5.41) is 20.4. The molecule has 0 radical (unpaired) electrons. The largest absolute Gasteiger partial charge is 0.464 e. The molecule has 0 fully saturated rings. The number of nitro groups is 1. The van der Waals surface area contributed by atoms with E-state index in [4.69, 9.17) is 0 Å². The third-order valence-corrected chi connectivity index (χ3v) is 2.11. The number of aliphatic hydroxyl groups is 1. The van der Waals surface area contributed by atoms with Crippen LogP contribution in [0.2, 0.25) is 0 Å². The van der Waals surface area contributed by atoms with Gasteiger partial charge in [-0.25, -0.2) is 4.79 Å². The number of ether oxygens (including phenoxy) is 1. The number of nitrogens with zero attached hydrogens (tertiary/aromatic N) is 1. The third kappa shape index (κ3) is 3.67. The summed E-state index contributed by atoms with van der Waals surface area (Å²) in [6.07, 6.45) is -0.748. The Morgan fingerprint density at radius 3 is 2.61 bits per heavy atom. The summed E-state index contributed by atoms with van der Waals surface area (Å²) in [5.41, 5.74) is -0.0906. The lowest BCUT2D eigenvalue weighted by atomic mass is 10.1. The summed E-state index contributed by atoms with van der Waals surface area (Å²) in [5.74, 6) is -1.03. The monoisotopic (exact) mass is 251 g/mol. The molecule has 0 amide bonds. The van der Waals surface area contributed by atoms with Crippen molar-refractivity contribution in [2.24, 2.45) is 0 Å². The van der Waals surface area contributed by atoms with Crippen molar-refractivity contribution in [2.75, 3.05) is 6.61 Å². The fourth-order valence-corrected chi connectivity index (χ4v) is 1.29. The maximum Gasteiger partial charge on any atom is 0.346 e. The van der Waals surface area contributed by atoms with Gasteiger partial charge in [-0.3, -0.25) is 10.1 Å². The normalized spacial score (nSPS) is 12.9. The summed E-state index contributed by atoms with van der Waals surface area (Å²) in [7, 11) is 0. The predicted molar refractivity (Wildman–Crippen MR) is 64.1 cm³/mol. The topological polar surface area (TPSA) is 89.7 Å². The number of rotatable bonds is 5. The molecule has 0 aliphatic rings. The molecule has 0 saturated carbocycles. The standard InChI is InChI=1S/C12H13NO5/c1-2-18-12(15)11(14)10(13(16)17)8-9-6-4-3-5-7-9/h3-8,11,14H,2H2,1H3/b10-8+/t11-/m1/s1. The van der Waals surface area contributed by atoms with E-state index in [1.807, 2.05) is 0 Å². The van der Waals surface area contributed by atoms with E-state index in [1.54, 1.807) is 37.3 Å². The highest BCUT2D eigenvalue weighted by Gasteiger charge is 2.30. The molecule has 0 heterocycles. The van der Waals surface area contributed by atoms with E-state index in [1.165, 1.54) is 0 Å². The zero-order valence-corrected chi connectivity index (χ0v) is 9.78. The van der Waals surface area contributed by atoms with Gasteiger partial charge in [0.05, 0.1) is 11.5 Å². The minimum atomic E-state index is -1.89. The molecular formula is C12H13NO5. The predicted octanol–water partition coefficient (Wildman–Crippen LogP) is 1.23. The van der Waals surface area contributed by atoms with E-state index in [9.17, 15) is 20.0 Å². The minimum absolute atomic E-state index is 0.0478. The number of hydrogen-bond donors (Lipinski definition) is 1. The first kappa shape index (κ1) is 13.9. The van der Waals surface area contributed by atoms with Crippen LogP contribution in [0.3, 0.4) is 0 Å². The summed E-state index contributed by atoms with van der Waals surface area (Å²) >= 11 is 0. The van der Waals surface area contributed by atoms with Gasteiger partial charge >= 0.3 is 5.97 Å². The summed E-state index contributed by atoms with van der Waals surface area (Å²) in [6.45, 7) is 1.60. The van der Waals surface area contributed by atoms with Gasteiger partial charge < -0.3 is 9.84 Å². The van der Waals surface area contributed by atoms with Crippen molar-refractivity contribution in [3.63, 3.8) is 0 Å². The molecule has 1 aromatic rings. The number of carbonyl (C=O) groups is 1. The Bertz CT molecular complexity index is 455. The fraction of sp³-hybridized carbons (Fsp3) is 0.250. The quantitative estimate of drug-likeness (QED) is 0.483. The summed E-state index contributed by atoms with van der Waals surface area (Å²) in [6, 6.07) is 8.40. The van der Waals surface area contributed by atoms with E-state index < -0.39 is 22.7 Å². The highest BCUT2D eigenvalue weighted by atomic mass is 16.6. The number of benzene rings is 1. The minimum Gasteiger partial charge on any atom is -0.464 e. The average molecular weight is 251 g/mol. The average Bonchev–Trinajstić information content (AvgIpc) is 2.36. The Labute approximate surface area is 104 Å². The Balaban J connectivity index is 3.00. The van der Waals surface area contributed by atoms with Crippen molar-refractivity contribution in [1.82, 2.24) is 0 Å². The number of carbonyl (C=O) groups excluding carboxylic acids is 1. The number of aliphatic hydroxyl groups excluding tert-OH is 1.